The maximum atomic E-state index is 6.42. The van der Waals surface area contributed by atoms with E-state index in [4.69, 9.17) is 10.2 Å². The molecule has 0 fully saturated rings. The maximum Gasteiger partial charge on any atom is 0.137 e. The Kier molecular flexibility index (Phi) is 3.42. The number of rotatable bonds is 2. The van der Waals surface area contributed by atoms with Gasteiger partial charge in [-0.2, -0.15) is 5.10 Å². The summed E-state index contributed by atoms with van der Waals surface area (Å²) in [4.78, 5) is 0. The molecule has 1 atom stereocenters. The molecular formula is C16H18BrN3O. The second-order valence-corrected chi connectivity index (χ2v) is 6.39. The largest absolute Gasteiger partial charge is 0.459 e. The lowest BCUT2D eigenvalue weighted by Crippen LogP contribution is -2.13. The fourth-order valence-electron chi connectivity index (χ4n) is 2.84. The fourth-order valence-corrected chi connectivity index (χ4v) is 3.43. The molecule has 3 rings (SSSR count). The van der Waals surface area contributed by atoms with Crippen molar-refractivity contribution < 1.29 is 4.42 Å². The average molecular weight is 348 g/mol. The summed E-state index contributed by atoms with van der Waals surface area (Å²) in [7, 11) is 1.93. The maximum absolute atomic E-state index is 6.42. The van der Waals surface area contributed by atoms with E-state index in [-0.39, 0.29) is 6.04 Å². The highest BCUT2D eigenvalue weighted by Crippen LogP contribution is 2.32. The second-order valence-electron chi connectivity index (χ2n) is 5.48. The van der Waals surface area contributed by atoms with Gasteiger partial charge in [-0.25, -0.2) is 0 Å². The molecule has 4 nitrogen and oxygen atoms in total. The third-order valence-corrected chi connectivity index (χ3v) is 4.43. The van der Waals surface area contributed by atoms with Crippen molar-refractivity contribution in [2.45, 2.75) is 26.8 Å². The van der Waals surface area contributed by atoms with Gasteiger partial charge >= 0.3 is 0 Å². The zero-order chi connectivity index (χ0) is 15.3. The van der Waals surface area contributed by atoms with Crippen molar-refractivity contribution in [2.24, 2.45) is 12.8 Å². The van der Waals surface area contributed by atoms with Gasteiger partial charge in [0.2, 0.25) is 0 Å². The van der Waals surface area contributed by atoms with E-state index in [0.29, 0.717) is 0 Å². The standard InChI is InChI=1S/C16H18BrN3O/c1-8-5-12(17)6-11-7-13(21-16(8)11)15(18)14-9(2)19-20(4)10(14)3/h5-7,15H,18H2,1-4H3. The minimum atomic E-state index is -0.302. The lowest BCUT2D eigenvalue weighted by atomic mass is 10.0. The lowest BCUT2D eigenvalue weighted by Gasteiger charge is -2.09. The molecule has 0 aliphatic rings. The molecule has 0 bridgehead atoms. The van der Waals surface area contributed by atoms with Gasteiger partial charge in [0, 0.05) is 28.2 Å². The number of fused-ring (bicyclic) bond motifs is 1. The van der Waals surface area contributed by atoms with Gasteiger partial charge < -0.3 is 10.2 Å². The Morgan fingerprint density at radius 3 is 2.57 bits per heavy atom. The van der Waals surface area contributed by atoms with Crippen LogP contribution >= 0.6 is 15.9 Å². The zero-order valence-electron chi connectivity index (χ0n) is 12.6. The molecule has 2 heterocycles. The number of nitrogens with two attached hydrogens (primary N) is 1. The van der Waals surface area contributed by atoms with Crippen LogP contribution in [0.15, 0.2) is 27.1 Å². The Morgan fingerprint density at radius 2 is 1.95 bits per heavy atom. The van der Waals surface area contributed by atoms with Crippen LogP contribution < -0.4 is 5.73 Å². The van der Waals surface area contributed by atoms with Gasteiger partial charge in [-0.05, 0) is 44.5 Å². The number of nitrogens with zero attached hydrogens (tertiary/aromatic N) is 2. The summed E-state index contributed by atoms with van der Waals surface area (Å²) in [5, 5.41) is 5.49. The van der Waals surface area contributed by atoms with E-state index < -0.39 is 0 Å². The monoisotopic (exact) mass is 347 g/mol. The van der Waals surface area contributed by atoms with Crippen LogP contribution in [0, 0.1) is 20.8 Å². The van der Waals surface area contributed by atoms with Crippen LogP contribution in [-0.4, -0.2) is 9.78 Å². The average Bonchev–Trinajstić information content (AvgIpc) is 2.92. The Hall–Kier alpha value is -1.59. The summed E-state index contributed by atoms with van der Waals surface area (Å²) in [6, 6.07) is 5.81. The highest BCUT2D eigenvalue weighted by molar-refractivity contribution is 9.10. The molecular weight excluding hydrogens is 330 g/mol. The number of aromatic nitrogens is 2. The molecule has 0 spiro atoms. The van der Waals surface area contributed by atoms with E-state index in [1.165, 1.54) is 0 Å². The molecule has 0 saturated carbocycles. The first kappa shape index (κ1) is 14.4. The Balaban J connectivity index is 2.14. The van der Waals surface area contributed by atoms with Gasteiger partial charge in [0.25, 0.3) is 0 Å². The van der Waals surface area contributed by atoms with Gasteiger partial charge in [0.15, 0.2) is 0 Å². The van der Waals surface area contributed by atoms with E-state index >= 15 is 0 Å². The predicted octanol–water partition coefficient (Wildman–Crippen LogP) is 3.90. The molecule has 0 saturated heterocycles. The van der Waals surface area contributed by atoms with E-state index in [9.17, 15) is 0 Å². The summed E-state index contributed by atoms with van der Waals surface area (Å²) in [5.74, 6) is 0.769. The predicted molar refractivity (Wildman–Crippen MR) is 87.4 cm³/mol. The van der Waals surface area contributed by atoms with Gasteiger partial charge in [0.05, 0.1) is 11.7 Å². The van der Waals surface area contributed by atoms with Crippen LogP contribution in [0.3, 0.4) is 0 Å². The molecule has 1 unspecified atom stereocenters. The summed E-state index contributed by atoms with van der Waals surface area (Å²) < 4.78 is 8.91. The third kappa shape index (κ3) is 2.30. The SMILES string of the molecule is Cc1nn(C)c(C)c1C(N)c1cc2cc(Br)cc(C)c2o1. The molecule has 21 heavy (non-hydrogen) atoms. The smallest absolute Gasteiger partial charge is 0.137 e. The van der Waals surface area contributed by atoms with Crippen LogP contribution in [0.2, 0.25) is 0 Å². The highest BCUT2D eigenvalue weighted by Gasteiger charge is 2.22. The number of benzene rings is 1. The normalized spacial score (nSPS) is 13.0. The Labute approximate surface area is 132 Å². The lowest BCUT2D eigenvalue weighted by molar-refractivity contribution is 0.521. The Morgan fingerprint density at radius 1 is 1.24 bits per heavy atom. The number of furan rings is 1. The van der Waals surface area contributed by atoms with Gasteiger partial charge in [0.1, 0.15) is 11.3 Å². The molecule has 0 amide bonds. The van der Waals surface area contributed by atoms with Crippen molar-refractivity contribution in [1.82, 2.24) is 9.78 Å². The van der Waals surface area contributed by atoms with Crippen LogP contribution in [0.4, 0.5) is 0 Å². The van der Waals surface area contributed by atoms with E-state index in [1.54, 1.807) is 0 Å². The number of hydrogen-bond acceptors (Lipinski definition) is 3. The van der Waals surface area contributed by atoms with Gasteiger partial charge in [-0.3, -0.25) is 4.68 Å². The van der Waals surface area contributed by atoms with Crippen molar-refractivity contribution in [3.8, 4) is 0 Å². The van der Waals surface area contributed by atoms with Crippen LogP contribution in [0.1, 0.15) is 34.3 Å². The van der Waals surface area contributed by atoms with Crippen molar-refractivity contribution in [3.05, 3.63) is 50.9 Å². The number of hydrogen-bond donors (Lipinski definition) is 1. The van der Waals surface area contributed by atoms with Crippen molar-refractivity contribution >= 4 is 26.9 Å². The topological polar surface area (TPSA) is 57.0 Å². The Bertz CT molecular complexity index is 832. The molecule has 0 radical (unpaired) electrons. The second kappa shape index (κ2) is 5.00. The van der Waals surface area contributed by atoms with Crippen molar-refractivity contribution in [1.29, 1.82) is 0 Å². The molecule has 3 aromatic rings. The molecule has 110 valence electrons. The van der Waals surface area contributed by atoms with Crippen LogP contribution in [-0.2, 0) is 7.05 Å². The first-order chi connectivity index (χ1) is 9.88. The molecule has 0 aliphatic carbocycles. The fraction of sp³-hybridized carbons (Fsp3) is 0.312. The molecule has 0 aliphatic heterocycles. The third-order valence-electron chi connectivity index (χ3n) is 3.97. The molecule has 2 aromatic heterocycles. The van der Waals surface area contributed by atoms with Gasteiger partial charge in [-0.15, -0.1) is 0 Å². The molecule has 5 heteroatoms. The quantitative estimate of drug-likeness (QED) is 0.764. The summed E-state index contributed by atoms with van der Waals surface area (Å²) in [6.07, 6.45) is 0. The van der Waals surface area contributed by atoms with Gasteiger partial charge in [-0.1, -0.05) is 15.9 Å². The highest BCUT2D eigenvalue weighted by atomic mass is 79.9. The number of aryl methyl sites for hydroxylation is 3. The zero-order valence-corrected chi connectivity index (χ0v) is 14.2. The van der Waals surface area contributed by atoms with E-state index in [0.717, 1.165) is 43.7 Å². The van der Waals surface area contributed by atoms with E-state index in [2.05, 4.69) is 21.0 Å². The molecule has 1 aromatic carbocycles. The summed E-state index contributed by atoms with van der Waals surface area (Å²) in [6.45, 7) is 6.04. The van der Waals surface area contributed by atoms with E-state index in [1.807, 2.05) is 50.7 Å². The summed E-state index contributed by atoms with van der Waals surface area (Å²) >= 11 is 3.51. The van der Waals surface area contributed by atoms with Crippen molar-refractivity contribution in [2.75, 3.05) is 0 Å². The van der Waals surface area contributed by atoms with Crippen LogP contribution in [0.5, 0.6) is 0 Å². The first-order valence-corrected chi connectivity index (χ1v) is 7.63. The number of halogens is 1. The first-order valence-electron chi connectivity index (χ1n) is 6.83. The molecule has 2 N–H and O–H groups in total. The van der Waals surface area contributed by atoms with Crippen molar-refractivity contribution in [3.63, 3.8) is 0 Å². The van der Waals surface area contributed by atoms with Crippen LogP contribution in [0.25, 0.3) is 11.0 Å². The summed E-state index contributed by atoms with van der Waals surface area (Å²) in [5.41, 5.74) is 11.5. The minimum absolute atomic E-state index is 0.302. The minimum Gasteiger partial charge on any atom is -0.459 e.